The summed E-state index contributed by atoms with van der Waals surface area (Å²) in [4.78, 5) is 14.6. The number of carbonyl (C=O) groups is 1. The normalized spacial score (nSPS) is 14.9. The molecule has 3 aromatic rings. The van der Waals surface area contributed by atoms with Gasteiger partial charge in [-0.05, 0) is 48.6 Å². The highest BCUT2D eigenvalue weighted by atomic mass is 16.1. The number of carbonyl (C=O) groups excluding carboxylic acids is 1. The molecule has 5 nitrogen and oxygen atoms in total. The molecule has 1 aliphatic heterocycles. The van der Waals surface area contributed by atoms with Gasteiger partial charge in [0, 0.05) is 42.6 Å². The van der Waals surface area contributed by atoms with E-state index < -0.39 is 0 Å². The highest BCUT2D eigenvalue weighted by Gasteiger charge is 2.20. The van der Waals surface area contributed by atoms with Crippen molar-refractivity contribution in [2.75, 3.05) is 24.5 Å². The van der Waals surface area contributed by atoms with E-state index in [1.165, 1.54) is 11.3 Å². The number of aromatic nitrogens is 2. The van der Waals surface area contributed by atoms with Gasteiger partial charge >= 0.3 is 0 Å². The fourth-order valence-corrected chi connectivity index (χ4v) is 3.60. The molecule has 5 heteroatoms. The Bertz CT molecular complexity index is 851. The van der Waals surface area contributed by atoms with E-state index in [4.69, 9.17) is 0 Å². The van der Waals surface area contributed by atoms with E-state index in [0.29, 0.717) is 5.92 Å². The Morgan fingerprint density at radius 2 is 1.78 bits per heavy atom. The Kier molecular flexibility index (Phi) is 5.19. The Balaban J connectivity index is 1.27. The molecule has 1 aromatic heterocycles. The van der Waals surface area contributed by atoms with Crippen molar-refractivity contribution in [2.45, 2.75) is 12.8 Å². The molecule has 0 saturated carbocycles. The molecule has 138 valence electrons. The van der Waals surface area contributed by atoms with E-state index in [1.54, 1.807) is 0 Å². The second-order valence-electron chi connectivity index (χ2n) is 7.04. The monoisotopic (exact) mass is 360 g/mol. The van der Waals surface area contributed by atoms with Crippen LogP contribution in [0.15, 0.2) is 67.0 Å². The molecule has 0 spiro atoms. The van der Waals surface area contributed by atoms with E-state index in [-0.39, 0.29) is 5.91 Å². The molecule has 0 atom stereocenters. The highest BCUT2D eigenvalue weighted by molar-refractivity contribution is 5.94. The van der Waals surface area contributed by atoms with Gasteiger partial charge in [-0.1, -0.05) is 30.3 Å². The van der Waals surface area contributed by atoms with Gasteiger partial charge in [-0.25, -0.2) is 0 Å². The molecule has 0 aliphatic carbocycles. The van der Waals surface area contributed by atoms with Gasteiger partial charge in [0.2, 0.25) is 0 Å². The molecule has 2 N–H and O–H groups in total. The molecule has 1 aliphatic rings. The van der Waals surface area contributed by atoms with E-state index in [2.05, 4.69) is 44.7 Å². The zero-order valence-electron chi connectivity index (χ0n) is 15.3. The maximum Gasteiger partial charge on any atom is 0.251 e. The number of aromatic amines is 1. The number of H-pyrrole nitrogens is 1. The van der Waals surface area contributed by atoms with Crippen LogP contribution in [0.5, 0.6) is 0 Å². The Hall–Kier alpha value is -3.08. The van der Waals surface area contributed by atoms with Crippen LogP contribution in [0.3, 0.4) is 0 Å². The van der Waals surface area contributed by atoms with Gasteiger partial charge in [-0.2, -0.15) is 5.10 Å². The minimum absolute atomic E-state index is 0.0212. The third-order valence-corrected chi connectivity index (χ3v) is 5.27. The summed E-state index contributed by atoms with van der Waals surface area (Å²) in [7, 11) is 0. The fraction of sp³-hybridized carbons (Fsp3) is 0.273. The molecule has 1 amide bonds. The van der Waals surface area contributed by atoms with Crippen LogP contribution in [0.1, 0.15) is 23.2 Å². The van der Waals surface area contributed by atoms with Crippen molar-refractivity contribution >= 4 is 11.6 Å². The number of nitrogens with one attached hydrogen (secondary N) is 2. The first kappa shape index (κ1) is 17.3. The van der Waals surface area contributed by atoms with E-state index >= 15 is 0 Å². The Morgan fingerprint density at radius 1 is 1.04 bits per heavy atom. The standard InChI is InChI=1S/C22H24N4O/c27-22(19-4-2-1-3-5-19)23-14-17-10-12-26(13-11-17)21-8-6-18(7-9-21)20-15-24-25-16-20/h1-9,15-17H,10-14H2,(H,23,27)(H,24,25). The van der Waals surface area contributed by atoms with Gasteiger partial charge < -0.3 is 10.2 Å². The molecule has 2 heterocycles. The Labute approximate surface area is 159 Å². The van der Waals surface area contributed by atoms with Crippen molar-refractivity contribution in [3.05, 3.63) is 72.6 Å². The van der Waals surface area contributed by atoms with Crippen molar-refractivity contribution in [1.29, 1.82) is 0 Å². The first-order chi connectivity index (χ1) is 13.3. The van der Waals surface area contributed by atoms with Gasteiger partial charge in [0.05, 0.1) is 6.20 Å². The minimum Gasteiger partial charge on any atom is -0.372 e. The summed E-state index contributed by atoms with van der Waals surface area (Å²) < 4.78 is 0. The number of hydrogen-bond donors (Lipinski definition) is 2. The lowest BCUT2D eigenvalue weighted by atomic mass is 9.96. The second-order valence-corrected chi connectivity index (χ2v) is 7.04. The maximum atomic E-state index is 12.2. The summed E-state index contributed by atoms with van der Waals surface area (Å²) in [5.41, 5.74) is 4.27. The average Bonchev–Trinajstić information content (AvgIpc) is 3.28. The fourth-order valence-electron chi connectivity index (χ4n) is 3.60. The van der Waals surface area contributed by atoms with Crippen molar-refractivity contribution < 1.29 is 4.79 Å². The second kappa shape index (κ2) is 8.08. The SMILES string of the molecule is O=C(NCC1CCN(c2ccc(-c3cn[nH]c3)cc2)CC1)c1ccccc1. The first-order valence-corrected chi connectivity index (χ1v) is 9.47. The lowest BCUT2D eigenvalue weighted by Gasteiger charge is -2.33. The van der Waals surface area contributed by atoms with Crippen molar-refractivity contribution in [1.82, 2.24) is 15.5 Å². The molecular formula is C22H24N4O. The van der Waals surface area contributed by atoms with Gasteiger partial charge in [-0.3, -0.25) is 9.89 Å². The van der Waals surface area contributed by atoms with Gasteiger partial charge in [0.25, 0.3) is 5.91 Å². The number of nitrogens with zero attached hydrogens (tertiary/aromatic N) is 2. The van der Waals surface area contributed by atoms with Gasteiger partial charge in [0.1, 0.15) is 0 Å². The topological polar surface area (TPSA) is 61.0 Å². The lowest BCUT2D eigenvalue weighted by Crippen LogP contribution is -2.38. The summed E-state index contributed by atoms with van der Waals surface area (Å²) in [5.74, 6) is 0.562. The highest BCUT2D eigenvalue weighted by Crippen LogP contribution is 2.26. The number of benzene rings is 2. The summed E-state index contributed by atoms with van der Waals surface area (Å²) in [6.07, 6.45) is 5.94. The smallest absolute Gasteiger partial charge is 0.251 e. The predicted octanol–water partition coefficient (Wildman–Crippen LogP) is 3.72. The molecule has 0 unspecified atom stereocenters. The van der Waals surface area contributed by atoms with Crippen LogP contribution in [0.2, 0.25) is 0 Å². The third kappa shape index (κ3) is 4.19. The quantitative estimate of drug-likeness (QED) is 0.729. The van der Waals surface area contributed by atoms with Gasteiger partial charge in [0.15, 0.2) is 0 Å². The summed E-state index contributed by atoms with van der Waals surface area (Å²) in [6.45, 7) is 2.80. The zero-order valence-corrected chi connectivity index (χ0v) is 15.3. The van der Waals surface area contributed by atoms with Crippen LogP contribution in [-0.4, -0.2) is 35.7 Å². The van der Waals surface area contributed by atoms with Crippen LogP contribution in [0, 0.1) is 5.92 Å². The molecule has 4 rings (SSSR count). The number of rotatable bonds is 5. The van der Waals surface area contributed by atoms with Crippen LogP contribution < -0.4 is 10.2 Å². The number of anilines is 1. The molecule has 1 fully saturated rings. The molecular weight excluding hydrogens is 336 g/mol. The minimum atomic E-state index is 0.0212. The summed E-state index contributed by atoms with van der Waals surface area (Å²) in [5, 5.41) is 9.93. The van der Waals surface area contributed by atoms with Crippen LogP contribution in [0.25, 0.3) is 11.1 Å². The predicted molar refractivity (Wildman–Crippen MR) is 108 cm³/mol. The third-order valence-electron chi connectivity index (χ3n) is 5.27. The average molecular weight is 360 g/mol. The van der Waals surface area contributed by atoms with Crippen molar-refractivity contribution in [2.24, 2.45) is 5.92 Å². The van der Waals surface area contributed by atoms with Crippen molar-refractivity contribution in [3.8, 4) is 11.1 Å². The number of hydrogen-bond acceptors (Lipinski definition) is 3. The van der Waals surface area contributed by atoms with Crippen LogP contribution >= 0.6 is 0 Å². The number of piperidine rings is 1. The van der Waals surface area contributed by atoms with Crippen LogP contribution in [0.4, 0.5) is 5.69 Å². The van der Waals surface area contributed by atoms with Crippen LogP contribution in [-0.2, 0) is 0 Å². The molecule has 0 bridgehead atoms. The number of amides is 1. The molecule has 27 heavy (non-hydrogen) atoms. The van der Waals surface area contributed by atoms with E-state index in [9.17, 15) is 4.79 Å². The first-order valence-electron chi connectivity index (χ1n) is 9.47. The maximum absolute atomic E-state index is 12.2. The van der Waals surface area contributed by atoms with E-state index in [0.717, 1.165) is 43.6 Å². The molecule has 2 aromatic carbocycles. The summed E-state index contributed by atoms with van der Waals surface area (Å²) >= 11 is 0. The van der Waals surface area contributed by atoms with Gasteiger partial charge in [-0.15, -0.1) is 0 Å². The largest absolute Gasteiger partial charge is 0.372 e. The van der Waals surface area contributed by atoms with E-state index in [1.807, 2.05) is 42.7 Å². The Morgan fingerprint density at radius 3 is 2.44 bits per heavy atom. The lowest BCUT2D eigenvalue weighted by molar-refractivity contribution is 0.0945. The summed E-state index contributed by atoms with van der Waals surface area (Å²) in [6, 6.07) is 18.1. The zero-order chi connectivity index (χ0) is 18.5. The molecule has 0 radical (unpaired) electrons. The van der Waals surface area contributed by atoms with Crippen molar-refractivity contribution in [3.63, 3.8) is 0 Å². The molecule has 1 saturated heterocycles.